The summed E-state index contributed by atoms with van der Waals surface area (Å²) >= 11 is 3.19. The SMILES string of the molecule is O=CCCOc1cc(Br)ccc1F. The first-order valence-electron chi connectivity index (χ1n) is 3.75. The van der Waals surface area contributed by atoms with Crippen LogP contribution in [0.4, 0.5) is 4.39 Å². The van der Waals surface area contributed by atoms with E-state index in [4.69, 9.17) is 4.74 Å². The lowest BCUT2D eigenvalue weighted by molar-refractivity contribution is -0.108. The molecule has 4 heteroatoms. The number of carbonyl (C=O) groups excluding carboxylic acids is 1. The molecule has 1 aromatic carbocycles. The Labute approximate surface area is 83.8 Å². The van der Waals surface area contributed by atoms with Crippen molar-refractivity contribution in [2.45, 2.75) is 6.42 Å². The Morgan fingerprint density at radius 3 is 3.00 bits per heavy atom. The van der Waals surface area contributed by atoms with E-state index in [1.807, 2.05) is 0 Å². The Morgan fingerprint density at radius 1 is 1.54 bits per heavy atom. The Kier molecular flexibility index (Phi) is 3.89. The summed E-state index contributed by atoms with van der Waals surface area (Å²) in [5.74, 6) is -0.259. The van der Waals surface area contributed by atoms with E-state index in [1.54, 1.807) is 6.07 Å². The lowest BCUT2D eigenvalue weighted by atomic mass is 10.3. The first-order valence-corrected chi connectivity index (χ1v) is 4.55. The molecule has 0 N–H and O–H groups in total. The minimum atomic E-state index is -0.422. The van der Waals surface area contributed by atoms with Crippen LogP contribution in [0.3, 0.4) is 0 Å². The second kappa shape index (κ2) is 4.97. The molecular weight excluding hydrogens is 239 g/mol. The van der Waals surface area contributed by atoms with Gasteiger partial charge in [-0.2, -0.15) is 0 Å². The third-order valence-electron chi connectivity index (χ3n) is 1.39. The molecule has 0 unspecified atom stereocenters. The van der Waals surface area contributed by atoms with Crippen molar-refractivity contribution in [3.63, 3.8) is 0 Å². The van der Waals surface area contributed by atoms with Crippen LogP contribution in [0.2, 0.25) is 0 Å². The van der Waals surface area contributed by atoms with Gasteiger partial charge < -0.3 is 9.53 Å². The molecule has 0 bridgehead atoms. The molecule has 1 rings (SSSR count). The maximum Gasteiger partial charge on any atom is 0.165 e. The first kappa shape index (κ1) is 10.2. The molecule has 0 fully saturated rings. The summed E-state index contributed by atoms with van der Waals surface area (Å²) in [5, 5.41) is 0. The second-order valence-corrected chi connectivity index (χ2v) is 3.29. The van der Waals surface area contributed by atoms with E-state index >= 15 is 0 Å². The van der Waals surface area contributed by atoms with Crippen molar-refractivity contribution in [1.29, 1.82) is 0 Å². The number of rotatable bonds is 4. The molecule has 0 saturated heterocycles. The molecule has 0 saturated carbocycles. The molecule has 0 atom stereocenters. The molecule has 0 amide bonds. The van der Waals surface area contributed by atoms with Crippen LogP contribution in [0.5, 0.6) is 5.75 Å². The average Bonchev–Trinajstić information content (AvgIpc) is 2.11. The zero-order valence-corrected chi connectivity index (χ0v) is 8.38. The van der Waals surface area contributed by atoms with Crippen LogP contribution >= 0.6 is 15.9 Å². The van der Waals surface area contributed by atoms with Crippen molar-refractivity contribution < 1.29 is 13.9 Å². The minimum Gasteiger partial charge on any atom is -0.490 e. The Balaban J connectivity index is 2.64. The molecule has 0 radical (unpaired) electrons. The van der Waals surface area contributed by atoms with Gasteiger partial charge in [0.15, 0.2) is 11.6 Å². The number of hydrogen-bond donors (Lipinski definition) is 0. The lowest BCUT2D eigenvalue weighted by Crippen LogP contribution is -1.99. The maximum absolute atomic E-state index is 13.0. The van der Waals surface area contributed by atoms with Crippen LogP contribution in [-0.4, -0.2) is 12.9 Å². The van der Waals surface area contributed by atoms with E-state index in [0.717, 1.165) is 10.8 Å². The van der Waals surface area contributed by atoms with Crippen LogP contribution < -0.4 is 4.74 Å². The van der Waals surface area contributed by atoms with Crippen molar-refractivity contribution in [3.05, 3.63) is 28.5 Å². The van der Waals surface area contributed by atoms with Gasteiger partial charge in [0.25, 0.3) is 0 Å². The van der Waals surface area contributed by atoms with E-state index in [1.165, 1.54) is 12.1 Å². The van der Waals surface area contributed by atoms with Crippen molar-refractivity contribution in [3.8, 4) is 5.75 Å². The number of ether oxygens (including phenoxy) is 1. The van der Waals surface area contributed by atoms with Crippen molar-refractivity contribution in [1.82, 2.24) is 0 Å². The highest BCUT2D eigenvalue weighted by Gasteiger charge is 2.02. The molecular formula is C9H8BrFO2. The molecule has 13 heavy (non-hydrogen) atoms. The molecule has 0 aliphatic rings. The fourth-order valence-corrected chi connectivity index (χ4v) is 1.14. The van der Waals surface area contributed by atoms with Crippen LogP contribution in [0.15, 0.2) is 22.7 Å². The lowest BCUT2D eigenvalue weighted by Gasteiger charge is -2.04. The average molecular weight is 247 g/mol. The first-order chi connectivity index (χ1) is 6.24. The smallest absolute Gasteiger partial charge is 0.165 e. The van der Waals surface area contributed by atoms with Crippen molar-refractivity contribution in [2.75, 3.05) is 6.61 Å². The summed E-state index contributed by atoms with van der Waals surface area (Å²) in [6.45, 7) is 0.205. The highest BCUT2D eigenvalue weighted by Crippen LogP contribution is 2.22. The Bertz CT molecular complexity index is 302. The molecule has 0 spiro atoms. The van der Waals surface area contributed by atoms with Crippen LogP contribution in [0.25, 0.3) is 0 Å². The van der Waals surface area contributed by atoms with Gasteiger partial charge in [-0.05, 0) is 18.2 Å². The molecule has 1 aromatic rings. The van der Waals surface area contributed by atoms with E-state index in [2.05, 4.69) is 15.9 Å². The van der Waals surface area contributed by atoms with Crippen LogP contribution in [0, 0.1) is 5.82 Å². The van der Waals surface area contributed by atoms with Crippen LogP contribution in [0.1, 0.15) is 6.42 Å². The number of carbonyl (C=O) groups is 1. The number of aldehydes is 1. The zero-order chi connectivity index (χ0) is 9.68. The largest absolute Gasteiger partial charge is 0.490 e. The highest BCUT2D eigenvalue weighted by atomic mass is 79.9. The fourth-order valence-electron chi connectivity index (χ4n) is 0.805. The summed E-state index contributed by atoms with van der Waals surface area (Å²) in [5.41, 5.74) is 0. The molecule has 0 heterocycles. The highest BCUT2D eigenvalue weighted by molar-refractivity contribution is 9.10. The summed E-state index contributed by atoms with van der Waals surface area (Å²) in [4.78, 5) is 9.96. The number of hydrogen-bond acceptors (Lipinski definition) is 2. The third-order valence-corrected chi connectivity index (χ3v) is 1.88. The number of benzene rings is 1. The second-order valence-electron chi connectivity index (χ2n) is 2.38. The standard InChI is InChI=1S/C9H8BrFO2/c10-7-2-3-8(11)9(6-7)13-5-1-4-12/h2-4,6H,1,5H2. The molecule has 0 aliphatic carbocycles. The molecule has 2 nitrogen and oxygen atoms in total. The van der Waals surface area contributed by atoms with E-state index < -0.39 is 5.82 Å². The summed E-state index contributed by atoms with van der Waals surface area (Å²) in [7, 11) is 0. The van der Waals surface area contributed by atoms with Gasteiger partial charge in [-0.3, -0.25) is 0 Å². The van der Waals surface area contributed by atoms with Gasteiger partial charge in [0.2, 0.25) is 0 Å². The quantitative estimate of drug-likeness (QED) is 0.603. The van der Waals surface area contributed by atoms with Gasteiger partial charge >= 0.3 is 0 Å². The van der Waals surface area contributed by atoms with Gasteiger partial charge in [0.1, 0.15) is 6.29 Å². The Hall–Kier alpha value is -0.900. The van der Waals surface area contributed by atoms with Gasteiger partial charge in [-0.1, -0.05) is 15.9 Å². The zero-order valence-electron chi connectivity index (χ0n) is 6.80. The summed E-state index contributed by atoms with van der Waals surface area (Å²) in [6.07, 6.45) is 1.00. The van der Waals surface area contributed by atoms with Gasteiger partial charge in [-0.15, -0.1) is 0 Å². The van der Waals surface area contributed by atoms with Crippen LogP contribution in [-0.2, 0) is 4.79 Å². The Morgan fingerprint density at radius 2 is 2.31 bits per heavy atom. The fraction of sp³-hybridized carbons (Fsp3) is 0.222. The normalized spacial score (nSPS) is 9.69. The van der Waals surface area contributed by atoms with Gasteiger partial charge in [-0.25, -0.2) is 4.39 Å². The van der Waals surface area contributed by atoms with Gasteiger partial charge in [0.05, 0.1) is 6.61 Å². The maximum atomic E-state index is 13.0. The molecule has 70 valence electrons. The number of halogens is 2. The predicted molar refractivity (Wildman–Crippen MR) is 50.3 cm³/mol. The topological polar surface area (TPSA) is 26.3 Å². The predicted octanol–water partition coefficient (Wildman–Crippen LogP) is 2.56. The molecule has 0 aliphatic heterocycles. The van der Waals surface area contributed by atoms with Gasteiger partial charge in [0, 0.05) is 10.9 Å². The third kappa shape index (κ3) is 3.14. The van der Waals surface area contributed by atoms with E-state index in [-0.39, 0.29) is 18.8 Å². The van der Waals surface area contributed by atoms with E-state index in [0.29, 0.717) is 0 Å². The monoisotopic (exact) mass is 246 g/mol. The van der Waals surface area contributed by atoms with E-state index in [9.17, 15) is 9.18 Å². The van der Waals surface area contributed by atoms with Crippen molar-refractivity contribution in [2.24, 2.45) is 0 Å². The molecule has 0 aromatic heterocycles. The minimum absolute atomic E-state index is 0.163. The van der Waals surface area contributed by atoms with Crippen molar-refractivity contribution >= 4 is 22.2 Å². The summed E-state index contributed by atoms with van der Waals surface area (Å²) in [6, 6.07) is 4.42. The summed E-state index contributed by atoms with van der Waals surface area (Å²) < 4.78 is 18.7.